The van der Waals surface area contributed by atoms with E-state index >= 15 is 0 Å². The van der Waals surface area contributed by atoms with Gasteiger partial charge in [0.25, 0.3) is 5.91 Å². The van der Waals surface area contributed by atoms with Gasteiger partial charge in [-0.3, -0.25) is 14.6 Å². The topological polar surface area (TPSA) is 75.6 Å². The maximum absolute atomic E-state index is 12.8. The van der Waals surface area contributed by atoms with Crippen molar-refractivity contribution in [3.05, 3.63) is 59.8 Å². The van der Waals surface area contributed by atoms with E-state index in [1.165, 1.54) is 12.1 Å². The van der Waals surface area contributed by atoms with Crippen molar-refractivity contribution in [1.29, 1.82) is 0 Å². The Balaban J connectivity index is 1.48. The molecule has 0 atom stereocenters. The SMILES string of the molecule is Cn1cc(-c2cc(C(=O)NCCCc3ccc(F)cc3)[nH]n2)cn1. The molecule has 1 aromatic carbocycles. The molecule has 0 radical (unpaired) electrons. The molecule has 0 aliphatic rings. The Morgan fingerprint density at radius 3 is 2.83 bits per heavy atom. The first kappa shape index (κ1) is 15.9. The Kier molecular flexibility index (Phi) is 4.69. The molecule has 0 aliphatic heterocycles. The second kappa shape index (κ2) is 7.08. The van der Waals surface area contributed by atoms with Gasteiger partial charge >= 0.3 is 0 Å². The second-order valence-electron chi connectivity index (χ2n) is 5.56. The molecule has 0 bridgehead atoms. The van der Waals surface area contributed by atoms with E-state index in [4.69, 9.17) is 0 Å². The lowest BCUT2D eigenvalue weighted by Crippen LogP contribution is -2.25. The van der Waals surface area contributed by atoms with Gasteiger partial charge in [-0.1, -0.05) is 12.1 Å². The predicted octanol–water partition coefficient (Wildman–Crippen LogP) is 2.31. The summed E-state index contributed by atoms with van der Waals surface area (Å²) in [4.78, 5) is 12.1. The summed E-state index contributed by atoms with van der Waals surface area (Å²) < 4.78 is 14.5. The molecule has 2 aromatic heterocycles. The lowest BCUT2D eigenvalue weighted by atomic mass is 10.1. The van der Waals surface area contributed by atoms with Crippen molar-refractivity contribution in [1.82, 2.24) is 25.3 Å². The normalized spacial score (nSPS) is 10.8. The third-order valence-electron chi connectivity index (χ3n) is 3.66. The molecule has 2 heterocycles. The van der Waals surface area contributed by atoms with Crippen LogP contribution in [0.5, 0.6) is 0 Å². The molecule has 124 valence electrons. The van der Waals surface area contributed by atoms with E-state index in [-0.39, 0.29) is 11.7 Å². The van der Waals surface area contributed by atoms with Crippen molar-refractivity contribution in [3.8, 4) is 11.3 Å². The van der Waals surface area contributed by atoms with Gasteiger partial charge in [0.2, 0.25) is 0 Å². The maximum Gasteiger partial charge on any atom is 0.269 e. The highest BCUT2D eigenvalue weighted by Crippen LogP contribution is 2.16. The van der Waals surface area contributed by atoms with Gasteiger partial charge in [-0.2, -0.15) is 10.2 Å². The number of H-pyrrole nitrogens is 1. The highest BCUT2D eigenvalue weighted by Gasteiger charge is 2.11. The molecule has 0 unspecified atom stereocenters. The highest BCUT2D eigenvalue weighted by molar-refractivity contribution is 5.93. The minimum absolute atomic E-state index is 0.197. The van der Waals surface area contributed by atoms with E-state index in [0.29, 0.717) is 17.9 Å². The number of nitrogens with one attached hydrogen (secondary N) is 2. The quantitative estimate of drug-likeness (QED) is 0.682. The first-order chi connectivity index (χ1) is 11.6. The lowest BCUT2D eigenvalue weighted by Gasteiger charge is -2.04. The fourth-order valence-corrected chi connectivity index (χ4v) is 2.38. The highest BCUT2D eigenvalue weighted by atomic mass is 19.1. The zero-order valence-electron chi connectivity index (χ0n) is 13.3. The molecule has 0 fully saturated rings. The standard InChI is InChI=1S/C17H18FN5O/c1-23-11-13(10-20-23)15-9-16(22-21-15)17(24)19-8-2-3-12-4-6-14(18)7-5-12/h4-7,9-11H,2-3,8H2,1H3,(H,19,24)(H,21,22). The van der Waals surface area contributed by atoms with Crippen molar-refractivity contribution >= 4 is 5.91 Å². The molecule has 0 aliphatic carbocycles. The zero-order chi connectivity index (χ0) is 16.9. The molecular weight excluding hydrogens is 309 g/mol. The van der Waals surface area contributed by atoms with Gasteiger partial charge in [-0.05, 0) is 36.6 Å². The van der Waals surface area contributed by atoms with Crippen LogP contribution in [-0.2, 0) is 13.5 Å². The predicted molar refractivity (Wildman–Crippen MR) is 87.8 cm³/mol. The number of benzene rings is 1. The summed E-state index contributed by atoms with van der Waals surface area (Å²) in [5, 5.41) is 13.8. The largest absolute Gasteiger partial charge is 0.351 e. The third-order valence-corrected chi connectivity index (χ3v) is 3.66. The first-order valence-corrected chi connectivity index (χ1v) is 7.69. The Hall–Kier alpha value is -2.96. The van der Waals surface area contributed by atoms with Crippen LogP contribution < -0.4 is 5.32 Å². The van der Waals surface area contributed by atoms with Gasteiger partial charge in [0.05, 0.1) is 11.9 Å². The van der Waals surface area contributed by atoms with Crippen LogP contribution in [0.4, 0.5) is 4.39 Å². The van der Waals surface area contributed by atoms with Crippen molar-refractivity contribution < 1.29 is 9.18 Å². The van der Waals surface area contributed by atoms with Crippen LogP contribution in [0, 0.1) is 5.82 Å². The number of hydrogen-bond donors (Lipinski definition) is 2. The number of aromatic amines is 1. The average molecular weight is 327 g/mol. The van der Waals surface area contributed by atoms with E-state index in [1.807, 2.05) is 13.2 Å². The molecule has 3 aromatic rings. The number of rotatable bonds is 6. The van der Waals surface area contributed by atoms with Gasteiger partial charge in [-0.25, -0.2) is 4.39 Å². The average Bonchev–Trinajstić information content (AvgIpc) is 3.22. The van der Waals surface area contributed by atoms with Crippen LogP contribution in [0.2, 0.25) is 0 Å². The number of nitrogens with zero attached hydrogens (tertiary/aromatic N) is 3. The summed E-state index contributed by atoms with van der Waals surface area (Å²) in [7, 11) is 1.82. The number of carbonyl (C=O) groups excluding carboxylic acids is 1. The number of halogens is 1. The molecule has 7 heteroatoms. The molecule has 0 saturated carbocycles. The van der Waals surface area contributed by atoms with Gasteiger partial charge in [0.15, 0.2) is 0 Å². The smallest absolute Gasteiger partial charge is 0.269 e. The minimum atomic E-state index is -0.240. The number of hydrogen-bond acceptors (Lipinski definition) is 3. The molecular formula is C17H18FN5O. The Morgan fingerprint density at radius 2 is 2.12 bits per heavy atom. The maximum atomic E-state index is 12.8. The molecule has 6 nitrogen and oxygen atoms in total. The fourth-order valence-electron chi connectivity index (χ4n) is 2.38. The van der Waals surface area contributed by atoms with Crippen LogP contribution in [0.1, 0.15) is 22.5 Å². The van der Waals surface area contributed by atoms with Crippen molar-refractivity contribution in [2.75, 3.05) is 6.54 Å². The van der Waals surface area contributed by atoms with Crippen molar-refractivity contribution in [2.45, 2.75) is 12.8 Å². The number of aryl methyl sites for hydroxylation is 2. The summed E-state index contributed by atoms with van der Waals surface area (Å²) in [5.41, 5.74) is 2.99. The summed E-state index contributed by atoms with van der Waals surface area (Å²) in [6, 6.07) is 8.10. The van der Waals surface area contributed by atoms with Gasteiger partial charge < -0.3 is 5.32 Å². The molecule has 0 saturated heterocycles. The van der Waals surface area contributed by atoms with Crippen LogP contribution in [0.25, 0.3) is 11.3 Å². The minimum Gasteiger partial charge on any atom is -0.351 e. The van der Waals surface area contributed by atoms with E-state index in [1.54, 1.807) is 29.1 Å². The Bertz CT molecular complexity index is 822. The van der Waals surface area contributed by atoms with Gasteiger partial charge in [-0.15, -0.1) is 0 Å². The van der Waals surface area contributed by atoms with E-state index in [0.717, 1.165) is 24.0 Å². The second-order valence-corrected chi connectivity index (χ2v) is 5.56. The third kappa shape index (κ3) is 3.87. The number of aromatic nitrogens is 4. The molecule has 1 amide bonds. The monoisotopic (exact) mass is 327 g/mol. The summed E-state index contributed by atoms with van der Waals surface area (Å²) in [6.07, 6.45) is 5.09. The van der Waals surface area contributed by atoms with Gasteiger partial charge in [0, 0.05) is 25.4 Å². The molecule has 2 N–H and O–H groups in total. The lowest BCUT2D eigenvalue weighted by molar-refractivity contribution is 0.0948. The summed E-state index contributed by atoms with van der Waals surface area (Å²) in [5.74, 6) is -0.438. The molecule has 0 spiro atoms. The Morgan fingerprint density at radius 1 is 1.33 bits per heavy atom. The van der Waals surface area contributed by atoms with Crippen LogP contribution in [0.3, 0.4) is 0 Å². The molecule has 3 rings (SSSR count). The van der Waals surface area contributed by atoms with E-state index < -0.39 is 0 Å². The Labute approximate surface area is 138 Å². The fraction of sp³-hybridized carbons (Fsp3) is 0.235. The van der Waals surface area contributed by atoms with Crippen LogP contribution >= 0.6 is 0 Å². The van der Waals surface area contributed by atoms with Gasteiger partial charge in [0.1, 0.15) is 11.5 Å². The zero-order valence-corrected chi connectivity index (χ0v) is 13.3. The van der Waals surface area contributed by atoms with Crippen LogP contribution in [0.15, 0.2) is 42.7 Å². The van der Waals surface area contributed by atoms with Crippen molar-refractivity contribution in [3.63, 3.8) is 0 Å². The van der Waals surface area contributed by atoms with E-state index in [9.17, 15) is 9.18 Å². The summed E-state index contributed by atoms with van der Waals surface area (Å²) in [6.45, 7) is 0.539. The van der Waals surface area contributed by atoms with E-state index in [2.05, 4.69) is 20.6 Å². The first-order valence-electron chi connectivity index (χ1n) is 7.69. The number of carbonyl (C=O) groups is 1. The summed E-state index contributed by atoms with van der Waals surface area (Å²) >= 11 is 0. The number of amides is 1. The van der Waals surface area contributed by atoms with Crippen molar-refractivity contribution in [2.24, 2.45) is 7.05 Å². The molecule has 24 heavy (non-hydrogen) atoms. The van der Waals surface area contributed by atoms with Crippen LogP contribution in [-0.4, -0.2) is 32.4 Å².